The van der Waals surface area contributed by atoms with E-state index in [1.165, 1.54) is 5.56 Å². The van der Waals surface area contributed by atoms with E-state index >= 15 is 0 Å². The lowest BCUT2D eigenvalue weighted by Gasteiger charge is -2.09. The fourth-order valence-electron chi connectivity index (χ4n) is 2.40. The number of amides is 1. The van der Waals surface area contributed by atoms with E-state index in [0.717, 1.165) is 11.3 Å². The van der Waals surface area contributed by atoms with Crippen LogP contribution in [-0.4, -0.2) is 35.9 Å². The summed E-state index contributed by atoms with van der Waals surface area (Å²) in [7, 11) is 0. The fourth-order valence-corrected chi connectivity index (χ4v) is 2.74. The van der Waals surface area contributed by atoms with Gasteiger partial charge in [-0.3, -0.25) is 4.79 Å². The third-order valence-corrected chi connectivity index (χ3v) is 4.46. The molecule has 29 heavy (non-hydrogen) atoms. The maximum Gasteiger partial charge on any atom is 0.258 e. The van der Waals surface area contributed by atoms with Gasteiger partial charge in [-0.15, -0.1) is 10.2 Å². The third-order valence-electron chi connectivity index (χ3n) is 3.91. The van der Waals surface area contributed by atoms with Gasteiger partial charge < -0.3 is 14.8 Å². The predicted octanol–water partition coefficient (Wildman–Crippen LogP) is 4.33. The van der Waals surface area contributed by atoms with E-state index < -0.39 is 0 Å². The zero-order valence-electron chi connectivity index (χ0n) is 15.7. The minimum Gasteiger partial charge on any atom is -0.482 e. The van der Waals surface area contributed by atoms with Crippen LogP contribution in [0.3, 0.4) is 0 Å². The van der Waals surface area contributed by atoms with Crippen LogP contribution < -0.4 is 14.8 Å². The Balaban J connectivity index is 1.39. The van der Waals surface area contributed by atoms with E-state index in [1.54, 1.807) is 24.3 Å². The quantitative estimate of drug-likeness (QED) is 0.537. The molecule has 150 valence electrons. The van der Waals surface area contributed by atoms with Crippen LogP contribution in [-0.2, 0) is 4.79 Å². The first kappa shape index (κ1) is 20.9. The Morgan fingerprint density at radius 1 is 1.00 bits per heavy atom. The highest BCUT2D eigenvalue weighted by molar-refractivity contribution is 6.34. The van der Waals surface area contributed by atoms with Gasteiger partial charge in [-0.25, -0.2) is 0 Å². The number of hydrogen-bond donors (Lipinski definition) is 1. The first-order valence-electron chi connectivity index (χ1n) is 8.89. The summed E-state index contributed by atoms with van der Waals surface area (Å²) in [5, 5.41) is 11.8. The molecular formula is C21H19Cl2N3O3. The molecule has 6 nitrogen and oxygen atoms in total. The van der Waals surface area contributed by atoms with Crippen molar-refractivity contribution in [3.63, 3.8) is 0 Å². The molecule has 3 rings (SSSR count). The molecule has 8 heteroatoms. The van der Waals surface area contributed by atoms with Crippen molar-refractivity contribution in [2.24, 2.45) is 0 Å². The molecular weight excluding hydrogens is 413 g/mol. The van der Waals surface area contributed by atoms with Gasteiger partial charge in [0, 0.05) is 22.7 Å². The van der Waals surface area contributed by atoms with E-state index in [2.05, 4.69) is 15.5 Å². The van der Waals surface area contributed by atoms with Crippen molar-refractivity contribution in [3.05, 3.63) is 70.2 Å². The topological polar surface area (TPSA) is 73.3 Å². The van der Waals surface area contributed by atoms with Crippen LogP contribution in [0.4, 0.5) is 0 Å². The highest BCUT2D eigenvalue weighted by Gasteiger charge is 2.07. The molecule has 2 aromatic carbocycles. The Hall–Kier alpha value is -2.83. The van der Waals surface area contributed by atoms with Gasteiger partial charge >= 0.3 is 0 Å². The number of ether oxygens (including phenoxy) is 2. The second-order valence-corrected chi connectivity index (χ2v) is 7.03. The first-order chi connectivity index (χ1) is 14.0. The predicted molar refractivity (Wildman–Crippen MR) is 113 cm³/mol. The van der Waals surface area contributed by atoms with Gasteiger partial charge in [-0.05, 0) is 25.1 Å². The maximum absolute atomic E-state index is 11.9. The van der Waals surface area contributed by atoms with Crippen LogP contribution in [0.2, 0.25) is 10.0 Å². The van der Waals surface area contributed by atoms with Crippen molar-refractivity contribution in [2.45, 2.75) is 6.92 Å². The first-order valence-corrected chi connectivity index (χ1v) is 9.65. The molecule has 0 saturated carbocycles. The van der Waals surface area contributed by atoms with Crippen LogP contribution in [0.1, 0.15) is 5.56 Å². The Morgan fingerprint density at radius 3 is 2.52 bits per heavy atom. The van der Waals surface area contributed by atoms with Gasteiger partial charge in [-0.2, -0.15) is 0 Å². The average Bonchev–Trinajstić information content (AvgIpc) is 2.73. The van der Waals surface area contributed by atoms with Crippen molar-refractivity contribution in [3.8, 4) is 22.9 Å². The maximum atomic E-state index is 11.9. The molecule has 1 amide bonds. The molecule has 0 aliphatic rings. The molecule has 1 N–H and O–H groups in total. The molecule has 0 spiro atoms. The molecule has 0 bridgehead atoms. The Labute approximate surface area is 178 Å². The number of nitrogens with one attached hydrogen (secondary N) is 1. The van der Waals surface area contributed by atoms with E-state index in [4.69, 9.17) is 32.7 Å². The van der Waals surface area contributed by atoms with Crippen LogP contribution in [0.15, 0.2) is 54.6 Å². The number of nitrogens with zero attached hydrogens (tertiary/aromatic N) is 2. The highest BCUT2D eigenvalue weighted by Crippen LogP contribution is 2.27. The Bertz CT molecular complexity index is 964. The molecule has 0 fully saturated rings. The number of aryl methyl sites for hydroxylation is 1. The van der Waals surface area contributed by atoms with Gasteiger partial charge in [-0.1, -0.05) is 53.0 Å². The second-order valence-electron chi connectivity index (χ2n) is 6.18. The Morgan fingerprint density at radius 2 is 1.79 bits per heavy atom. The lowest BCUT2D eigenvalue weighted by molar-refractivity contribution is -0.123. The van der Waals surface area contributed by atoms with E-state index in [-0.39, 0.29) is 19.1 Å². The minimum absolute atomic E-state index is 0.175. The molecule has 0 aliphatic heterocycles. The van der Waals surface area contributed by atoms with Gasteiger partial charge in [0.15, 0.2) is 6.61 Å². The zero-order valence-corrected chi connectivity index (χ0v) is 17.2. The van der Waals surface area contributed by atoms with E-state index in [9.17, 15) is 4.79 Å². The second kappa shape index (κ2) is 10.1. The lowest BCUT2D eigenvalue weighted by atomic mass is 10.1. The number of carbonyl (C=O) groups excluding carboxylic acids is 1. The number of aromatic nitrogens is 2. The SMILES string of the molecule is Cc1ccc(-c2ccc(OCCNC(=O)COc3cc(Cl)ccc3Cl)nn2)cc1. The van der Waals surface area contributed by atoms with Crippen LogP contribution >= 0.6 is 23.2 Å². The summed E-state index contributed by atoms with van der Waals surface area (Å²) in [5.74, 6) is 0.442. The molecule has 0 aliphatic carbocycles. The lowest BCUT2D eigenvalue weighted by Crippen LogP contribution is -2.32. The van der Waals surface area contributed by atoms with Crippen molar-refractivity contribution in [1.29, 1.82) is 0 Å². The average molecular weight is 432 g/mol. The van der Waals surface area contributed by atoms with Gasteiger partial charge in [0.05, 0.1) is 17.3 Å². The van der Waals surface area contributed by atoms with E-state index in [1.807, 2.05) is 37.3 Å². The standard InChI is InChI=1S/C21H19Cl2N3O3/c1-14-2-4-15(5-3-14)18-8-9-21(26-25-18)28-11-10-24-20(27)13-29-19-12-16(22)6-7-17(19)23/h2-9,12H,10-11,13H2,1H3,(H,24,27). The molecule has 0 saturated heterocycles. The van der Waals surface area contributed by atoms with Crippen LogP contribution in [0.5, 0.6) is 11.6 Å². The summed E-state index contributed by atoms with van der Waals surface area (Å²) in [5.41, 5.74) is 2.94. The summed E-state index contributed by atoms with van der Waals surface area (Å²) in [6, 6.07) is 16.4. The van der Waals surface area contributed by atoms with Gasteiger partial charge in [0.25, 0.3) is 5.91 Å². The van der Waals surface area contributed by atoms with E-state index in [0.29, 0.717) is 28.2 Å². The van der Waals surface area contributed by atoms with Crippen LogP contribution in [0, 0.1) is 6.92 Å². The van der Waals surface area contributed by atoms with Gasteiger partial charge in [0.2, 0.25) is 5.88 Å². The number of carbonyl (C=O) groups is 1. The number of benzene rings is 2. The fraction of sp³-hybridized carbons (Fsp3) is 0.190. The number of rotatable bonds is 8. The monoisotopic (exact) mass is 431 g/mol. The molecule has 1 heterocycles. The Kier molecular flexibility index (Phi) is 7.27. The smallest absolute Gasteiger partial charge is 0.258 e. The minimum atomic E-state index is -0.301. The summed E-state index contributed by atoms with van der Waals surface area (Å²) in [6.07, 6.45) is 0. The molecule has 0 unspecified atom stereocenters. The number of hydrogen-bond acceptors (Lipinski definition) is 5. The summed E-state index contributed by atoms with van der Waals surface area (Å²) in [6.45, 7) is 2.41. The van der Waals surface area contributed by atoms with Crippen molar-refractivity contribution in [2.75, 3.05) is 19.8 Å². The summed E-state index contributed by atoms with van der Waals surface area (Å²) >= 11 is 11.9. The van der Waals surface area contributed by atoms with Crippen molar-refractivity contribution in [1.82, 2.24) is 15.5 Å². The third kappa shape index (κ3) is 6.34. The largest absolute Gasteiger partial charge is 0.482 e. The zero-order chi connectivity index (χ0) is 20.6. The molecule has 1 aromatic heterocycles. The van der Waals surface area contributed by atoms with Crippen molar-refractivity contribution < 1.29 is 14.3 Å². The summed E-state index contributed by atoms with van der Waals surface area (Å²) < 4.78 is 10.9. The number of halogens is 2. The molecule has 0 radical (unpaired) electrons. The van der Waals surface area contributed by atoms with Gasteiger partial charge in [0.1, 0.15) is 12.4 Å². The molecule has 3 aromatic rings. The highest BCUT2D eigenvalue weighted by atomic mass is 35.5. The van der Waals surface area contributed by atoms with Crippen LogP contribution in [0.25, 0.3) is 11.3 Å². The summed E-state index contributed by atoms with van der Waals surface area (Å²) in [4.78, 5) is 11.9. The van der Waals surface area contributed by atoms with Crippen molar-refractivity contribution >= 4 is 29.1 Å². The molecule has 0 atom stereocenters. The normalized spacial score (nSPS) is 10.4.